The van der Waals surface area contributed by atoms with Crippen molar-refractivity contribution in [3.63, 3.8) is 0 Å². The lowest BCUT2D eigenvalue weighted by Gasteiger charge is -2.30. The highest BCUT2D eigenvalue weighted by molar-refractivity contribution is 6.12. The van der Waals surface area contributed by atoms with Gasteiger partial charge in [-0.05, 0) is 44.4 Å². The van der Waals surface area contributed by atoms with E-state index in [4.69, 9.17) is 4.84 Å². The fraction of sp³-hybridized carbons (Fsp3) is 0.652. The molecule has 2 fully saturated rings. The van der Waals surface area contributed by atoms with Gasteiger partial charge in [0.25, 0.3) is 23.6 Å². The van der Waals surface area contributed by atoms with Crippen LogP contribution in [0.3, 0.4) is 0 Å². The minimum atomic E-state index is -0.588. The zero-order valence-corrected chi connectivity index (χ0v) is 18.3. The van der Waals surface area contributed by atoms with Gasteiger partial charge in [-0.15, -0.1) is 5.06 Å². The summed E-state index contributed by atoms with van der Waals surface area (Å²) in [6.45, 7) is 0.439. The molecule has 0 bridgehead atoms. The largest absolute Gasteiger partial charge is 0.333 e. The molecule has 2 aliphatic heterocycles. The molecule has 4 amide bonds. The van der Waals surface area contributed by atoms with Crippen LogP contribution in [0.25, 0.3) is 0 Å². The van der Waals surface area contributed by atoms with Crippen LogP contribution in [-0.4, -0.2) is 51.9 Å². The molecule has 3 aliphatic rings. The zero-order chi connectivity index (χ0) is 23.1. The van der Waals surface area contributed by atoms with Crippen molar-refractivity contribution in [2.75, 3.05) is 6.54 Å². The van der Waals surface area contributed by atoms with Gasteiger partial charge in [0.05, 0.1) is 0 Å². The van der Waals surface area contributed by atoms with E-state index in [1.54, 1.807) is 0 Å². The molecule has 0 aromatic carbocycles. The second-order valence-corrected chi connectivity index (χ2v) is 8.76. The molecule has 1 saturated carbocycles. The number of hydroxylamine groups is 2. The summed E-state index contributed by atoms with van der Waals surface area (Å²) in [6.07, 6.45) is 9.63. The summed E-state index contributed by atoms with van der Waals surface area (Å²) < 4.78 is 0. The van der Waals surface area contributed by atoms with E-state index in [0.29, 0.717) is 24.4 Å². The Hall–Kier alpha value is -2.84. The molecule has 0 N–H and O–H groups in total. The maximum atomic E-state index is 12.5. The van der Waals surface area contributed by atoms with Crippen LogP contribution in [0.15, 0.2) is 12.2 Å². The van der Waals surface area contributed by atoms with Crippen molar-refractivity contribution in [3.8, 4) is 0 Å². The van der Waals surface area contributed by atoms with E-state index in [0.717, 1.165) is 44.9 Å². The van der Waals surface area contributed by atoms with E-state index in [1.807, 2.05) is 0 Å². The van der Waals surface area contributed by atoms with Gasteiger partial charge < -0.3 is 4.84 Å². The van der Waals surface area contributed by atoms with E-state index in [-0.39, 0.29) is 48.7 Å². The van der Waals surface area contributed by atoms with Gasteiger partial charge in [0.1, 0.15) is 5.78 Å². The van der Waals surface area contributed by atoms with Crippen molar-refractivity contribution < 1.29 is 33.6 Å². The first-order chi connectivity index (χ1) is 15.3. The average molecular weight is 447 g/mol. The number of carbonyl (C=O) groups is 6. The van der Waals surface area contributed by atoms with E-state index in [1.165, 1.54) is 17.1 Å². The molecule has 0 radical (unpaired) electrons. The number of hydrogen-bond acceptors (Lipinski definition) is 7. The lowest BCUT2D eigenvalue weighted by atomic mass is 9.79. The first-order valence-electron chi connectivity index (χ1n) is 11.5. The van der Waals surface area contributed by atoms with Gasteiger partial charge in [-0.25, -0.2) is 4.79 Å². The summed E-state index contributed by atoms with van der Waals surface area (Å²) in [6, 6.07) is 0. The van der Waals surface area contributed by atoms with Crippen LogP contribution in [0, 0.1) is 11.8 Å². The smallest absolute Gasteiger partial charge is 0.330 e. The van der Waals surface area contributed by atoms with Gasteiger partial charge in [-0.2, -0.15) is 0 Å². The van der Waals surface area contributed by atoms with E-state index in [9.17, 15) is 28.8 Å². The average Bonchev–Trinajstić information content (AvgIpc) is 3.26. The van der Waals surface area contributed by atoms with Gasteiger partial charge in [-0.1, -0.05) is 12.8 Å². The van der Waals surface area contributed by atoms with Crippen molar-refractivity contribution in [2.24, 2.45) is 11.8 Å². The molecule has 0 atom stereocenters. The zero-order valence-electron chi connectivity index (χ0n) is 18.3. The number of amides is 4. The van der Waals surface area contributed by atoms with E-state index in [2.05, 4.69) is 0 Å². The summed E-state index contributed by atoms with van der Waals surface area (Å²) in [5.74, 6) is -1.47. The maximum absolute atomic E-state index is 12.5. The lowest BCUT2D eigenvalue weighted by Crippen LogP contribution is -2.36. The second-order valence-electron chi connectivity index (χ2n) is 8.76. The Balaban J connectivity index is 1.22. The molecule has 0 unspecified atom stereocenters. The Bertz CT molecular complexity index is 777. The van der Waals surface area contributed by atoms with Crippen LogP contribution < -0.4 is 0 Å². The number of imide groups is 2. The lowest BCUT2D eigenvalue weighted by molar-refractivity contribution is -0.197. The molecule has 2 heterocycles. The second kappa shape index (κ2) is 11.2. The molecular weight excluding hydrogens is 416 g/mol. The first kappa shape index (κ1) is 23.8. The summed E-state index contributed by atoms with van der Waals surface area (Å²) in [7, 11) is 0. The van der Waals surface area contributed by atoms with Gasteiger partial charge in [0.2, 0.25) is 0 Å². The van der Waals surface area contributed by atoms with Crippen LogP contribution in [0.5, 0.6) is 0 Å². The van der Waals surface area contributed by atoms with Crippen LogP contribution >= 0.6 is 0 Å². The number of rotatable bonds is 11. The molecule has 1 aliphatic carbocycles. The minimum absolute atomic E-state index is 0.0554. The number of ketones is 1. The highest BCUT2D eigenvalue weighted by atomic mass is 16.7. The number of unbranched alkanes of at least 4 members (excludes halogenated alkanes) is 3. The minimum Gasteiger partial charge on any atom is -0.330 e. The first-order valence-corrected chi connectivity index (χ1v) is 11.5. The molecule has 32 heavy (non-hydrogen) atoms. The van der Waals surface area contributed by atoms with Crippen molar-refractivity contribution >= 4 is 35.4 Å². The quantitative estimate of drug-likeness (QED) is 0.353. The van der Waals surface area contributed by atoms with Gasteiger partial charge in [0, 0.05) is 50.3 Å². The van der Waals surface area contributed by atoms with Crippen LogP contribution in [0.2, 0.25) is 0 Å². The molecule has 1 saturated heterocycles. The Morgan fingerprint density at radius 1 is 0.812 bits per heavy atom. The summed E-state index contributed by atoms with van der Waals surface area (Å²) >= 11 is 0. The summed E-state index contributed by atoms with van der Waals surface area (Å²) in [4.78, 5) is 76.5. The van der Waals surface area contributed by atoms with E-state index >= 15 is 0 Å². The standard InChI is InChI=1S/C23H30N2O7/c26-18(17-9-7-16(8-10-17)15-24-19(27)11-12-20(24)28)5-3-1-2-4-6-23(31)32-25-21(29)13-14-22(25)30/h11-12,16-17H,1-10,13-15H2. The Morgan fingerprint density at radius 2 is 1.38 bits per heavy atom. The number of nitrogens with zero attached hydrogens (tertiary/aromatic N) is 2. The van der Waals surface area contributed by atoms with Crippen molar-refractivity contribution in [1.29, 1.82) is 0 Å². The SMILES string of the molecule is O=C(CCCCCCC(=O)C1CCC(CN2C(=O)C=CC2=O)CC1)ON1C(=O)CCC1=O. The molecule has 9 heteroatoms. The normalized spacial score (nSPS) is 23.4. The maximum Gasteiger partial charge on any atom is 0.333 e. The van der Waals surface area contributed by atoms with E-state index < -0.39 is 17.8 Å². The topological polar surface area (TPSA) is 118 Å². The molecular formula is C23H30N2O7. The third kappa shape index (κ3) is 6.34. The highest BCUT2D eigenvalue weighted by Gasteiger charge is 2.33. The molecule has 0 spiro atoms. The van der Waals surface area contributed by atoms with Crippen LogP contribution in [-0.2, 0) is 33.6 Å². The van der Waals surface area contributed by atoms with Crippen molar-refractivity contribution in [3.05, 3.63) is 12.2 Å². The third-order valence-corrected chi connectivity index (χ3v) is 6.40. The fourth-order valence-corrected chi connectivity index (χ4v) is 4.47. The molecule has 0 aromatic heterocycles. The number of Topliss-reactive ketones (excluding diaryl/α,β-unsaturated/α-hetero) is 1. The monoisotopic (exact) mass is 446 g/mol. The predicted molar refractivity (Wildman–Crippen MR) is 111 cm³/mol. The molecule has 9 nitrogen and oxygen atoms in total. The fourth-order valence-electron chi connectivity index (χ4n) is 4.47. The highest BCUT2D eigenvalue weighted by Crippen LogP contribution is 2.31. The third-order valence-electron chi connectivity index (χ3n) is 6.40. The van der Waals surface area contributed by atoms with Crippen molar-refractivity contribution in [2.45, 2.75) is 77.0 Å². The Morgan fingerprint density at radius 3 is 1.97 bits per heavy atom. The summed E-state index contributed by atoms with van der Waals surface area (Å²) in [5.41, 5.74) is 0. The van der Waals surface area contributed by atoms with Crippen LogP contribution in [0.4, 0.5) is 0 Å². The van der Waals surface area contributed by atoms with Gasteiger partial charge in [-0.3, -0.25) is 28.9 Å². The Kier molecular flexibility index (Phi) is 8.30. The molecule has 174 valence electrons. The van der Waals surface area contributed by atoms with Crippen LogP contribution in [0.1, 0.15) is 77.0 Å². The molecule has 3 rings (SSSR count). The van der Waals surface area contributed by atoms with Gasteiger partial charge >= 0.3 is 5.97 Å². The Labute approximate surface area is 187 Å². The van der Waals surface area contributed by atoms with Gasteiger partial charge in [0.15, 0.2) is 0 Å². The number of hydrogen-bond donors (Lipinski definition) is 0. The molecule has 0 aromatic rings. The summed E-state index contributed by atoms with van der Waals surface area (Å²) in [5, 5.41) is 0.563. The predicted octanol–water partition coefficient (Wildman–Crippen LogP) is 2.23. The van der Waals surface area contributed by atoms with Crippen molar-refractivity contribution in [1.82, 2.24) is 9.96 Å². The number of carbonyl (C=O) groups excluding carboxylic acids is 6.